The molecule has 2 aromatic carbocycles. The van der Waals surface area contributed by atoms with Gasteiger partial charge in [-0.25, -0.2) is 0 Å². The molecule has 0 aromatic heterocycles. The Balaban J connectivity index is 0.000000686. The van der Waals surface area contributed by atoms with Crippen LogP contribution in [0.3, 0.4) is 0 Å². The number of rotatable bonds is 2. The second-order valence-corrected chi connectivity index (χ2v) is 3.07. The molecular weight excluding hydrogens is 214 g/mol. The molecule has 84 valence electrons. The highest BCUT2D eigenvalue weighted by Crippen LogP contribution is 2.24. The smallest absolute Gasteiger partial charge is 0.307 e. The molecule has 2 rings (SSSR count). The predicted molar refractivity (Wildman–Crippen MR) is 67.2 cm³/mol. The van der Waals surface area contributed by atoms with E-state index in [4.69, 9.17) is 10.2 Å². The number of nitrogens with zero attached hydrogens (tertiary/aromatic N) is 3. The summed E-state index contributed by atoms with van der Waals surface area (Å²) in [5.41, 5.74) is 1.65. The summed E-state index contributed by atoms with van der Waals surface area (Å²) in [6.45, 7) is 2.00. The van der Waals surface area contributed by atoms with E-state index in [1.165, 1.54) is 5.01 Å². The maximum atomic E-state index is 8.98. The minimum atomic E-state index is 0.825. The fourth-order valence-corrected chi connectivity index (χ4v) is 1.39. The molecule has 0 atom stereocenters. The van der Waals surface area contributed by atoms with E-state index < -0.39 is 0 Å². The van der Waals surface area contributed by atoms with E-state index in [9.17, 15) is 0 Å². The molecule has 0 saturated carbocycles. The Kier molecular flexibility index (Phi) is 4.92. The Morgan fingerprint density at radius 3 is 1.47 bits per heavy atom. The van der Waals surface area contributed by atoms with Crippen molar-refractivity contribution in [1.29, 1.82) is 5.39 Å². The second kappa shape index (κ2) is 6.75. The normalized spacial score (nSPS) is 8.41. The Bertz CT molecular complexity index is 440. The van der Waals surface area contributed by atoms with Gasteiger partial charge >= 0.3 is 5.08 Å². The van der Waals surface area contributed by atoms with Gasteiger partial charge in [0.2, 0.25) is 0 Å². The van der Waals surface area contributed by atoms with Crippen LogP contribution < -0.4 is 5.01 Å². The molecular formula is C13H12N3O+. The Hall–Kier alpha value is -2.67. The number of diazo groups is 1. The molecule has 0 aliphatic carbocycles. The summed E-state index contributed by atoms with van der Waals surface area (Å²) in [5.74, 6) is 0. The van der Waals surface area contributed by atoms with Crippen molar-refractivity contribution in [3.8, 4) is 0 Å². The zero-order valence-electron chi connectivity index (χ0n) is 9.23. The van der Waals surface area contributed by atoms with E-state index in [0.29, 0.717) is 0 Å². The van der Waals surface area contributed by atoms with E-state index in [-0.39, 0.29) is 0 Å². The summed E-state index contributed by atoms with van der Waals surface area (Å²) in [5, 5.41) is 13.7. The van der Waals surface area contributed by atoms with Crippen LogP contribution in [0.1, 0.15) is 0 Å². The third kappa shape index (κ3) is 3.14. The van der Waals surface area contributed by atoms with Gasteiger partial charge in [0.25, 0.3) is 5.39 Å². The molecule has 0 saturated heterocycles. The minimum Gasteiger partial charge on any atom is -0.307 e. The van der Waals surface area contributed by atoms with Crippen LogP contribution in [0.25, 0.3) is 5.08 Å². The fraction of sp³-hybridized carbons (Fsp3) is 0. The zero-order chi connectivity index (χ0) is 12.5. The lowest BCUT2D eigenvalue weighted by Crippen LogP contribution is -2.04. The lowest BCUT2D eigenvalue weighted by atomic mass is 10.2. The number of benzene rings is 2. The van der Waals surface area contributed by atoms with Crippen LogP contribution in [0.15, 0.2) is 60.7 Å². The first-order valence-electron chi connectivity index (χ1n) is 4.96. The van der Waals surface area contributed by atoms with Crippen LogP contribution in [-0.4, -0.2) is 6.79 Å². The van der Waals surface area contributed by atoms with E-state index in [1.807, 2.05) is 67.5 Å². The average molecular weight is 226 g/mol. The van der Waals surface area contributed by atoms with Crippen molar-refractivity contribution in [2.45, 2.75) is 0 Å². The molecule has 0 heterocycles. The second-order valence-electron chi connectivity index (χ2n) is 3.07. The number of anilines is 2. The molecule has 0 aliphatic rings. The predicted octanol–water partition coefficient (Wildman–Crippen LogP) is 3.41. The van der Waals surface area contributed by atoms with Crippen molar-refractivity contribution in [1.82, 2.24) is 0 Å². The van der Waals surface area contributed by atoms with Crippen LogP contribution in [-0.2, 0) is 4.79 Å². The summed E-state index contributed by atoms with van der Waals surface area (Å²) >= 11 is 0. The van der Waals surface area contributed by atoms with Crippen LogP contribution in [0.5, 0.6) is 0 Å². The van der Waals surface area contributed by atoms with E-state index in [0.717, 1.165) is 11.4 Å². The third-order valence-electron chi connectivity index (χ3n) is 2.09. The van der Waals surface area contributed by atoms with Crippen molar-refractivity contribution >= 4 is 18.2 Å². The summed E-state index contributed by atoms with van der Waals surface area (Å²) in [4.78, 5) is 8.00. The highest BCUT2D eigenvalue weighted by Gasteiger charge is 2.18. The van der Waals surface area contributed by atoms with Gasteiger partial charge in [0.05, 0.1) is 0 Å². The van der Waals surface area contributed by atoms with Gasteiger partial charge in [0, 0.05) is 5.01 Å². The molecule has 0 aliphatic heterocycles. The first-order valence-corrected chi connectivity index (χ1v) is 4.96. The monoisotopic (exact) mass is 226 g/mol. The minimum absolute atomic E-state index is 0.825. The number of carbonyl (C=O) groups excluding carboxylic acids is 1. The van der Waals surface area contributed by atoms with Gasteiger partial charge in [-0.2, -0.15) is 0 Å². The SMILES string of the molecule is C=O.N#[N+]N(c1ccccc1)c1ccccc1. The summed E-state index contributed by atoms with van der Waals surface area (Å²) in [6.07, 6.45) is 0. The molecule has 4 nitrogen and oxygen atoms in total. The van der Waals surface area contributed by atoms with Crippen molar-refractivity contribution in [2.75, 3.05) is 5.01 Å². The zero-order valence-corrected chi connectivity index (χ0v) is 9.23. The molecule has 17 heavy (non-hydrogen) atoms. The summed E-state index contributed by atoms with van der Waals surface area (Å²) in [7, 11) is 0. The van der Waals surface area contributed by atoms with Gasteiger partial charge in [0.1, 0.15) is 18.2 Å². The van der Waals surface area contributed by atoms with Crippen LogP contribution in [0.2, 0.25) is 0 Å². The highest BCUT2D eigenvalue weighted by atomic mass is 16.1. The van der Waals surface area contributed by atoms with Crippen molar-refractivity contribution in [3.05, 3.63) is 65.7 Å². The van der Waals surface area contributed by atoms with Crippen LogP contribution in [0, 0.1) is 5.39 Å². The summed E-state index contributed by atoms with van der Waals surface area (Å²) < 4.78 is 0. The maximum absolute atomic E-state index is 8.98. The molecule has 0 N–H and O–H groups in total. The molecule has 4 heteroatoms. The highest BCUT2D eigenvalue weighted by molar-refractivity contribution is 5.63. The van der Waals surface area contributed by atoms with Gasteiger partial charge < -0.3 is 4.79 Å². The van der Waals surface area contributed by atoms with Gasteiger partial charge in [0.15, 0.2) is 0 Å². The summed E-state index contributed by atoms with van der Waals surface area (Å²) in [6, 6.07) is 19.0. The van der Waals surface area contributed by atoms with E-state index >= 15 is 0 Å². The van der Waals surface area contributed by atoms with Crippen LogP contribution in [0.4, 0.5) is 11.4 Å². The first-order chi connectivity index (χ1) is 8.42. The number of hydrogen-bond acceptors (Lipinski definition) is 3. The van der Waals surface area contributed by atoms with E-state index in [2.05, 4.69) is 5.08 Å². The van der Waals surface area contributed by atoms with Crippen molar-refractivity contribution in [3.63, 3.8) is 0 Å². The maximum Gasteiger partial charge on any atom is 0.316 e. The standard InChI is InChI=1S/C12H10N3.CH2O/c13-14-15(11-7-3-1-4-8-11)12-9-5-2-6-10-12;1-2/h1-10H;1H2/q+1;. The van der Waals surface area contributed by atoms with Crippen LogP contribution >= 0.6 is 0 Å². The molecule has 0 bridgehead atoms. The Morgan fingerprint density at radius 1 is 0.824 bits per heavy atom. The van der Waals surface area contributed by atoms with Crippen molar-refractivity contribution < 1.29 is 4.79 Å². The molecule has 0 radical (unpaired) electrons. The lowest BCUT2D eigenvalue weighted by Gasteiger charge is -2.02. The van der Waals surface area contributed by atoms with Gasteiger partial charge in [-0.15, -0.1) is 0 Å². The first kappa shape index (κ1) is 12.4. The quantitative estimate of drug-likeness (QED) is 0.582. The third-order valence-corrected chi connectivity index (χ3v) is 2.09. The number of para-hydroxylation sites is 2. The number of hydrogen-bond donors (Lipinski definition) is 0. The van der Waals surface area contributed by atoms with Crippen molar-refractivity contribution in [2.24, 2.45) is 0 Å². The van der Waals surface area contributed by atoms with Gasteiger partial charge in [-0.05, 0) is 24.3 Å². The average Bonchev–Trinajstić information content (AvgIpc) is 2.44. The molecule has 2 aromatic rings. The van der Waals surface area contributed by atoms with Gasteiger partial charge in [-0.1, -0.05) is 36.4 Å². The molecule has 0 amide bonds. The van der Waals surface area contributed by atoms with Gasteiger partial charge in [-0.3, -0.25) is 0 Å². The Morgan fingerprint density at radius 2 is 1.18 bits per heavy atom. The fourth-order valence-electron chi connectivity index (χ4n) is 1.39. The molecule has 0 fully saturated rings. The molecule has 0 unspecified atom stereocenters. The topological polar surface area (TPSA) is 48.5 Å². The molecule has 0 spiro atoms. The Labute approximate surface area is 99.7 Å². The largest absolute Gasteiger partial charge is 0.316 e. The number of carbonyl (C=O) groups is 1. The lowest BCUT2D eigenvalue weighted by molar-refractivity contribution is -0.0979. The van der Waals surface area contributed by atoms with E-state index in [1.54, 1.807) is 0 Å².